The zero-order valence-corrected chi connectivity index (χ0v) is 27.5. The first-order chi connectivity index (χ1) is 15.1. The number of rotatable bonds is 9. The first-order valence-electron chi connectivity index (χ1n) is 9.04. The van der Waals surface area contributed by atoms with Crippen LogP contribution in [0.25, 0.3) is 11.1 Å². The minimum absolute atomic E-state index is 0. The van der Waals surface area contributed by atoms with E-state index >= 15 is 0 Å². The van der Waals surface area contributed by atoms with Gasteiger partial charge in [0.15, 0.2) is 26.2 Å². The van der Waals surface area contributed by atoms with Crippen LogP contribution in [0.5, 0.6) is 5.75 Å². The van der Waals surface area contributed by atoms with Gasteiger partial charge in [0, 0.05) is 30.6 Å². The molecule has 1 aromatic carbocycles. The number of hydrogen-bond acceptors (Lipinski definition) is 9. The maximum absolute atomic E-state index is 14.3. The summed E-state index contributed by atoms with van der Waals surface area (Å²) in [5, 5.41) is 0. The van der Waals surface area contributed by atoms with E-state index in [9.17, 15) is 41.1 Å². The van der Waals surface area contributed by atoms with E-state index in [0.717, 1.165) is 24.7 Å². The number of amides is 1. The molecule has 0 radical (unpaired) electrons. The molecule has 0 saturated carbocycles. The van der Waals surface area contributed by atoms with Gasteiger partial charge >= 0.3 is 103 Å². The van der Waals surface area contributed by atoms with E-state index in [1.165, 1.54) is 29.9 Å². The largest absolute Gasteiger partial charge is 1.00 e. The van der Waals surface area contributed by atoms with Crippen LogP contribution < -0.4 is 128 Å². The summed E-state index contributed by atoms with van der Waals surface area (Å²) >= 11 is 0. The number of nitrogens with one attached hydrogen (secondary N) is 1. The third-order valence-electron chi connectivity index (χ3n) is 4.95. The van der Waals surface area contributed by atoms with Crippen LogP contribution in [0.3, 0.4) is 0 Å². The van der Waals surface area contributed by atoms with Crippen LogP contribution in [0.15, 0.2) is 35.3 Å². The average Bonchev–Trinajstić information content (AvgIpc) is 2.71. The molecule has 1 heterocycles. The average molecular weight is 587 g/mol. The van der Waals surface area contributed by atoms with Gasteiger partial charge in [-0.3, -0.25) is 9.59 Å². The molecular formula is C18H19F2K2N2O9PS. The van der Waals surface area contributed by atoms with E-state index in [4.69, 9.17) is 0 Å². The quantitative estimate of drug-likeness (QED) is 0.171. The Hall–Kier alpha value is 0.633. The molecule has 0 aliphatic rings. The summed E-state index contributed by atoms with van der Waals surface area (Å²) < 4.78 is 70.2. The third kappa shape index (κ3) is 9.11. The van der Waals surface area contributed by atoms with Crippen molar-refractivity contribution in [1.29, 1.82) is 0 Å². The summed E-state index contributed by atoms with van der Waals surface area (Å²) in [6.07, 6.45) is 1.36. The fourth-order valence-corrected chi connectivity index (χ4v) is 3.81. The number of aromatic nitrogens is 1. The number of nitrogens with zero attached hydrogens (tertiary/aromatic N) is 1. The van der Waals surface area contributed by atoms with E-state index < -0.39 is 51.9 Å². The molecule has 1 amide bonds. The van der Waals surface area contributed by atoms with Crippen molar-refractivity contribution in [2.45, 2.75) is 24.6 Å². The normalized spacial score (nSPS) is 13.1. The van der Waals surface area contributed by atoms with Crippen LogP contribution in [0.2, 0.25) is 0 Å². The van der Waals surface area contributed by atoms with Gasteiger partial charge in [-0.05, 0) is 37.1 Å². The SMILES string of the molecule is COc1ccc(-c2ccn(CC[C@](C)(C(=O)NOP(=O)([O-])[O-])S(C)(=O)=O)c(=O)c2)c(F)c1F.[K+].[K+]. The number of methoxy groups -OCH3 is 1. The maximum Gasteiger partial charge on any atom is 1.00 e. The molecule has 0 fully saturated rings. The molecular weight excluding hydrogens is 567 g/mol. The van der Waals surface area contributed by atoms with Gasteiger partial charge in [0.2, 0.25) is 5.82 Å². The number of hydroxylamine groups is 1. The monoisotopic (exact) mass is 586 g/mol. The molecule has 0 bridgehead atoms. The molecule has 0 aliphatic heterocycles. The molecule has 35 heavy (non-hydrogen) atoms. The molecule has 0 saturated heterocycles. The summed E-state index contributed by atoms with van der Waals surface area (Å²) in [4.78, 5) is 45.8. The van der Waals surface area contributed by atoms with Crippen LogP contribution in [-0.4, -0.2) is 37.0 Å². The van der Waals surface area contributed by atoms with Crippen molar-refractivity contribution in [2.24, 2.45) is 0 Å². The van der Waals surface area contributed by atoms with Gasteiger partial charge in [-0.25, -0.2) is 22.9 Å². The van der Waals surface area contributed by atoms with Gasteiger partial charge in [-0.2, -0.15) is 4.39 Å². The Balaban J connectivity index is 0.00000578. The molecule has 2 aromatic rings. The molecule has 0 unspecified atom stereocenters. The molecule has 1 atom stereocenters. The maximum atomic E-state index is 14.3. The second kappa shape index (κ2) is 14.1. The number of pyridine rings is 1. The van der Waals surface area contributed by atoms with Crippen molar-refractivity contribution in [2.75, 3.05) is 13.4 Å². The molecule has 1 N–H and O–H groups in total. The standard InChI is InChI=1S/C18H21F2N2O9PS.2K/c1-18(33(3,28)29,17(24)21-31-32(25,26)27)7-9-22-8-6-11(10-14(22)23)12-4-5-13(30-2)16(20)15(12)19;;/h4-6,8,10H,7,9H2,1-3H3,(H,21,24)(H2,25,26,27);;/q;2*+1/p-2/t18-;;/m1../s1. The van der Waals surface area contributed by atoms with Gasteiger partial charge in [0.25, 0.3) is 11.5 Å². The first-order valence-corrected chi connectivity index (χ1v) is 12.4. The van der Waals surface area contributed by atoms with E-state index in [1.54, 1.807) is 0 Å². The van der Waals surface area contributed by atoms with Crippen molar-refractivity contribution in [3.63, 3.8) is 0 Å². The van der Waals surface area contributed by atoms with Gasteiger partial charge in [-0.15, -0.1) is 0 Å². The van der Waals surface area contributed by atoms with Gasteiger partial charge in [0.05, 0.1) is 14.9 Å². The van der Waals surface area contributed by atoms with Crippen molar-refractivity contribution in [3.05, 3.63) is 52.5 Å². The molecule has 0 spiro atoms. The van der Waals surface area contributed by atoms with Crippen molar-refractivity contribution in [1.82, 2.24) is 10.0 Å². The number of halogens is 2. The zero-order valence-electron chi connectivity index (χ0n) is 19.5. The summed E-state index contributed by atoms with van der Waals surface area (Å²) in [5.41, 5.74) is 0.391. The van der Waals surface area contributed by atoms with E-state index in [-0.39, 0.29) is 126 Å². The first kappa shape index (κ1) is 35.6. The summed E-state index contributed by atoms with van der Waals surface area (Å²) in [6.45, 7) is 0.610. The Morgan fingerprint density at radius 3 is 2.29 bits per heavy atom. The number of carbonyl (C=O) groups excluding carboxylic acids is 1. The van der Waals surface area contributed by atoms with Crippen molar-refractivity contribution >= 4 is 23.6 Å². The molecule has 1 aromatic heterocycles. The fraction of sp³-hybridized carbons (Fsp3) is 0.333. The second-order valence-electron chi connectivity index (χ2n) is 7.11. The molecule has 11 nitrogen and oxygen atoms in total. The Labute approximate surface area is 284 Å². The number of carbonyl (C=O) groups is 1. The van der Waals surface area contributed by atoms with E-state index in [0.29, 0.717) is 6.26 Å². The van der Waals surface area contributed by atoms with Crippen LogP contribution in [0.1, 0.15) is 13.3 Å². The van der Waals surface area contributed by atoms with Crippen LogP contribution in [0.4, 0.5) is 8.78 Å². The van der Waals surface area contributed by atoms with Crippen LogP contribution in [-0.2, 0) is 30.4 Å². The Morgan fingerprint density at radius 2 is 1.80 bits per heavy atom. The van der Waals surface area contributed by atoms with E-state index in [1.807, 2.05) is 0 Å². The topological polar surface area (TPSA) is 167 Å². The van der Waals surface area contributed by atoms with E-state index in [2.05, 4.69) is 9.36 Å². The molecule has 2 rings (SSSR count). The molecule has 182 valence electrons. The number of aryl methyl sites for hydroxylation is 1. The van der Waals surface area contributed by atoms with Gasteiger partial charge < -0.3 is 23.7 Å². The number of benzene rings is 1. The summed E-state index contributed by atoms with van der Waals surface area (Å²) in [6, 6.07) is 4.65. The Morgan fingerprint density at radius 1 is 1.20 bits per heavy atom. The van der Waals surface area contributed by atoms with Gasteiger partial charge in [0.1, 0.15) is 0 Å². The Bertz CT molecular complexity index is 1290. The summed E-state index contributed by atoms with van der Waals surface area (Å²) in [7, 11) is -8.65. The predicted molar refractivity (Wildman–Crippen MR) is 107 cm³/mol. The molecule has 0 aliphatic carbocycles. The van der Waals surface area contributed by atoms with Crippen LogP contribution in [0, 0.1) is 11.6 Å². The van der Waals surface area contributed by atoms with Gasteiger partial charge in [-0.1, -0.05) is 0 Å². The van der Waals surface area contributed by atoms with Crippen LogP contribution >= 0.6 is 7.82 Å². The van der Waals surface area contributed by atoms with Crippen molar-refractivity contribution < 1.29 is 148 Å². The minimum atomic E-state index is -5.62. The smallest absolute Gasteiger partial charge is 0.788 e. The second-order valence-corrected chi connectivity index (χ2v) is 10.6. The summed E-state index contributed by atoms with van der Waals surface area (Å²) in [5.74, 6) is -4.23. The minimum Gasteiger partial charge on any atom is -0.788 e. The number of hydrogen-bond donors (Lipinski definition) is 1. The zero-order chi connectivity index (χ0) is 25.2. The number of phosphoric acid groups is 1. The number of ether oxygens (including phenoxy) is 1. The third-order valence-corrected chi connectivity index (χ3v) is 7.29. The Kier molecular flexibility index (Phi) is 14.4. The predicted octanol–water partition coefficient (Wildman–Crippen LogP) is -6.12. The number of sulfone groups is 1. The molecule has 17 heteroatoms. The van der Waals surface area contributed by atoms with Crippen molar-refractivity contribution in [3.8, 4) is 16.9 Å². The fourth-order valence-electron chi connectivity index (χ4n) is 2.78.